The minimum Gasteiger partial charge on any atom is -0.508 e. The van der Waals surface area contributed by atoms with E-state index in [-0.39, 0.29) is 18.1 Å². The van der Waals surface area contributed by atoms with Gasteiger partial charge < -0.3 is 15.7 Å². The van der Waals surface area contributed by atoms with E-state index < -0.39 is 5.82 Å². The molecule has 3 aromatic heterocycles. The van der Waals surface area contributed by atoms with Crippen LogP contribution in [0.2, 0.25) is 0 Å². The standard InChI is InChI=1S/C24H21FN8O/c25-15-9-14(10-16(34)11-15)21-20-22(26)27-13-28-24(20)33(31-21)12-19-23(32-7-3-4-8-32)30-18-6-2-1-5-17(18)29-19/h1-2,5-6,9-11,13,34H,3-4,7-8,12H2,(H2,26,27,28). The predicted molar refractivity (Wildman–Crippen MR) is 127 cm³/mol. The minimum absolute atomic E-state index is 0.204. The molecule has 10 heteroatoms. The zero-order chi connectivity index (χ0) is 23.2. The molecule has 0 atom stereocenters. The van der Waals surface area contributed by atoms with E-state index in [1.54, 1.807) is 4.68 Å². The SMILES string of the molecule is Nc1ncnc2c1c(-c1cc(O)cc(F)c1)nn2Cc1nc2ccccc2nc1N1CCCC1. The number of aromatic hydroxyl groups is 1. The van der Waals surface area contributed by atoms with Gasteiger partial charge in [0.2, 0.25) is 0 Å². The van der Waals surface area contributed by atoms with Gasteiger partial charge in [0.1, 0.15) is 35.1 Å². The maximum Gasteiger partial charge on any atom is 0.164 e. The fourth-order valence-electron chi connectivity index (χ4n) is 4.51. The number of phenolic OH excluding ortho intramolecular Hbond substituents is 1. The molecular weight excluding hydrogens is 435 g/mol. The summed E-state index contributed by atoms with van der Waals surface area (Å²) in [4.78, 5) is 20.6. The van der Waals surface area contributed by atoms with Crippen molar-refractivity contribution in [1.82, 2.24) is 29.7 Å². The monoisotopic (exact) mass is 456 g/mol. The van der Waals surface area contributed by atoms with E-state index in [2.05, 4.69) is 14.9 Å². The minimum atomic E-state index is -0.579. The van der Waals surface area contributed by atoms with Gasteiger partial charge in [0.25, 0.3) is 0 Å². The Labute approximate surface area is 193 Å². The van der Waals surface area contributed by atoms with Crippen molar-refractivity contribution in [3.8, 4) is 17.0 Å². The van der Waals surface area contributed by atoms with E-state index in [1.807, 2.05) is 24.3 Å². The Balaban J connectivity index is 1.53. The van der Waals surface area contributed by atoms with Gasteiger partial charge in [-0.3, -0.25) is 0 Å². The van der Waals surface area contributed by atoms with Crippen LogP contribution in [0.15, 0.2) is 48.8 Å². The number of aromatic nitrogens is 6. The van der Waals surface area contributed by atoms with Crippen molar-refractivity contribution in [1.29, 1.82) is 0 Å². The molecule has 0 bridgehead atoms. The number of para-hydroxylation sites is 2. The number of anilines is 2. The van der Waals surface area contributed by atoms with E-state index in [9.17, 15) is 9.50 Å². The Morgan fingerprint density at radius 3 is 2.53 bits per heavy atom. The number of benzene rings is 2. The first kappa shape index (κ1) is 20.3. The molecule has 0 saturated carbocycles. The summed E-state index contributed by atoms with van der Waals surface area (Å²) in [7, 11) is 0. The first-order valence-corrected chi connectivity index (χ1v) is 11.0. The van der Waals surface area contributed by atoms with Gasteiger partial charge in [-0.1, -0.05) is 12.1 Å². The maximum atomic E-state index is 14.1. The highest BCUT2D eigenvalue weighted by atomic mass is 19.1. The summed E-state index contributed by atoms with van der Waals surface area (Å²) >= 11 is 0. The smallest absolute Gasteiger partial charge is 0.164 e. The number of hydrogen-bond donors (Lipinski definition) is 2. The van der Waals surface area contributed by atoms with Gasteiger partial charge in [-0.15, -0.1) is 0 Å². The van der Waals surface area contributed by atoms with E-state index in [0.717, 1.165) is 54.5 Å². The van der Waals surface area contributed by atoms with Crippen LogP contribution in [0.1, 0.15) is 18.5 Å². The first-order valence-electron chi connectivity index (χ1n) is 11.0. The van der Waals surface area contributed by atoms with Crippen molar-refractivity contribution in [2.24, 2.45) is 0 Å². The summed E-state index contributed by atoms with van der Waals surface area (Å²) in [6.07, 6.45) is 3.58. The maximum absolute atomic E-state index is 14.1. The summed E-state index contributed by atoms with van der Waals surface area (Å²) < 4.78 is 15.7. The zero-order valence-corrected chi connectivity index (χ0v) is 18.2. The van der Waals surface area contributed by atoms with Gasteiger partial charge in [0, 0.05) is 24.7 Å². The molecule has 4 heterocycles. The van der Waals surface area contributed by atoms with Crippen LogP contribution in [0.3, 0.4) is 0 Å². The quantitative estimate of drug-likeness (QED) is 0.422. The second-order valence-corrected chi connectivity index (χ2v) is 8.34. The molecule has 1 fully saturated rings. The lowest BCUT2D eigenvalue weighted by molar-refractivity contribution is 0.469. The highest BCUT2D eigenvalue weighted by molar-refractivity contribution is 5.98. The Bertz CT molecular complexity index is 1520. The Kier molecular flexibility index (Phi) is 4.72. The Morgan fingerprint density at radius 1 is 1.00 bits per heavy atom. The topological polar surface area (TPSA) is 119 Å². The molecule has 0 amide bonds. The fourth-order valence-corrected chi connectivity index (χ4v) is 4.51. The van der Waals surface area contributed by atoms with Crippen molar-refractivity contribution in [3.05, 3.63) is 60.3 Å². The van der Waals surface area contributed by atoms with Crippen LogP contribution in [0.25, 0.3) is 33.3 Å². The van der Waals surface area contributed by atoms with Crippen molar-refractivity contribution in [2.75, 3.05) is 23.7 Å². The number of halogens is 1. The number of nitrogens with two attached hydrogens (primary N) is 1. The van der Waals surface area contributed by atoms with Crippen LogP contribution in [0.4, 0.5) is 16.0 Å². The molecule has 0 unspecified atom stereocenters. The molecule has 170 valence electrons. The molecule has 0 radical (unpaired) electrons. The fraction of sp³-hybridized carbons (Fsp3) is 0.208. The number of phenols is 1. The summed E-state index contributed by atoms with van der Waals surface area (Å²) in [6, 6.07) is 11.5. The van der Waals surface area contributed by atoms with Gasteiger partial charge in [-0.25, -0.2) is 29.0 Å². The predicted octanol–water partition coefficient (Wildman–Crippen LogP) is 3.51. The average molecular weight is 456 g/mol. The average Bonchev–Trinajstić information content (AvgIpc) is 3.48. The second-order valence-electron chi connectivity index (χ2n) is 8.34. The molecule has 1 aliphatic heterocycles. The van der Waals surface area contributed by atoms with Crippen LogP contribution in [0.5, 0.6) is 5.75 Å². The third-order valence-corrected chi connectivity index (χ3v) is 6.04. The van der Waals surface area contributed by atoms with Crippen LogP contribution in [0, 0.1) is 5.82 Å². The van der Waals surface area contributed by atoms with Crippen molar-refractivity contribution < 1.29 is 9.50 Å². The van der Waals surface area contributed by atoms with Crippen molar-refractivity contribution in [2.45, 2.75) is 19.4 Å². The van der Waals surface area contributed by atoms with Gasteiger partial charge in [0.15, 0.2) is 11.5 Å². The van der Waals surface area contributed by atoms with Gasteiger partial charge in [-0.05, 0) is 37.1 Å². The molecule has 6 rings (SSSR count). The first-order chi connectivity index (χ1) is 16.6. The number of hydrogen-bond acceptors (Lipinski definition) is 8. The summed E-state index contributed by atoms with van der Waals surface area (Å²) in [5, 5.41) is 15.1. The van der Waals surface area contributed by atoms with Gasteiger partial charge in [0.05, 0.1) is 23.0 Å². The van der Waals surface area contributed by atoms with Crippen molar-refractivity contribution >= 4 is 33.7 Å². The van der Waals surface area contributed by atoms with Crippen LogP contribution in [-0.2, 0) is 6.54 Å². The summed E-state index contributed by atoms with van der Waals surface area (Å²) in [6.45, 7) is 2.13. The second kappa shape index (κ2) is 7.91. The molecular formula is C24H21FN8O. The lowest BCUT2D eigenvalue weighted by atomic mass is 10.1. The molecule has 0 aliphatic carbocycles. The van der Waals surface area contributed by atoms with Crippen LogP contribution < -0.4 is 10.6 Å². The lowest BCUT2D eigenvalue weighted by Gasteiger charge is -2.20. The van der Waals surface area contributed by atoms with Gasteiger partial charge >= 0.3 is 0 Å². The third kappa shape index (κ3) is 3.43. The van der Waals surface area contributed by atoms with Crippen LogP contribution >= 0.6 is 0 Å². The Morgan fingerprint density at radius 2 is 1.76 bits per heavy atom. The Hall–Kier alpha value is -4.34. The number of rotatable bonds is 4. The molecule has 9 nitrogen and oxygen atoms in total. The third-order valence-electron chi connectivity index (χ3n) is 6.04. The van der Waals surface area contributed by atoms with E-state index in [1.165, 1.54) is 18.5 Å². The molecule has 34 heavy (non-hydrogen) atoms. The molecule has 2 aromatic carbocycles. The normalized spacial score (nSPS) is 13.9. The molecule has 1 saturated heterocycles. The summed E-state index contributed by atoms with van der Waals surface area (Å²) in [5.41, 5.74) is 9.84. The molecule has 3 N–H and O–H groups in total. The van der Waals surface area contributed by atoms with Crippen molar-refractivity contribution in [3.63, 3.8) is 0 Å². The highest BCUT2D eigenvalue weighted by Crippen LogP contribution is 2.33. The number of nitrogens with zero attached hydrogens (tertiary/aromatic N) is 7. The highest BCUT2D eigenvalue weighted by Gasteiger charge is 2.23. The number of fused-ring (bicyclic) bond motifs is 2. The van der Waals surface area contributed by atoms with E-state index >= 15 is 0 Å². The lowest BCUT2D eigenvalue weighted by Crippen LogP contribution is -2.22. The summed E-state index contributed by atoms with van der Waals surface area (Å²) in [5.74, 6) is 0.265. The van der Waals surface area contributed by atoms with Crippen LogP contribution in [-0.4, -0.2) is 47.9 Å². The largest absolute Gasteiger partial charge is 0.508 e. The molecule has 5 aromatic rings. The van der Waals surface area contributed by atoms with Gasteiger partial charge in [-0.2, -0.15) is 5.10 Å². The zero-order valence-electron chi connectivity index (χ0n) is 18.2. The van der Waals surface area contributed by atoms with E-state index in [0.29, 0.717) is 22.3 Å². The molecule has 0 spiro atoms. The van der Waals surface area contributed by atoms with E-state index in [4.69, 9.17) is 20.8 Å². The molecule has 1 aliphatic rings. The number of nitrogen functional groups attached to an aromatic ring is 1.